The molecular formula is C19H19N3O2. The fourth-order valence-corrected chi connectivity index (χ4v) is 2.79. The molecule has 0 aliphatic carbocycles. The quantitative estimate of drug-likeness (QED) is 0.730. The van der Waals surface area contributed by atoms with Crippen LogP contribution in [0.4, 0.5) is 0 Å². The summed E-state index contributed by atoms with van der Waals surface area (Å²) >= 11 is 0. The second-order valence-corrected chi connectivity index (χ2v) is 5.76. The summed E-state index contributed by atoms with van der Waals surface area (Å²) in [5.41, 5.74) is 3.79. The molecule has 1 aromatic carbocycles. The topological polar surface area (TPSA) is 69.2 Å². The van der Waals surface area contributed by atoms with Crippen LogP contribution in [-0.4, -0.2) is 33.0 Å². The van der Waals surface area contributed by atoms with Crippen LogP contribution in [0.2, 0.25) is 0 Å². The van der Waals surface area contributed by atoms with Gasteiger partial charge in [-0.2, -0.15) is 0 Å². The summed E-state index contributed by atoms with van der Waals surface area (Å²) in [5.74, 6) is -0.958. The van der Waals surface area contributed by atoms with Crippen LogP contribution in [0.25, 0.3) is 11.3 Å². The van der Waals surface area contributed by atoms with E-state index >= 15 is 0 Å². The molecule has 0 aliphatic heterocycles. The summed E-state index contributed by atoms with van der Waals surface area (Å²) in [6, 6.07) is 14.1. The highest BCUT2D eigenvalue weighted by molar-refractivity contribution is 5.95. The van der Waals surface area contributed by atoms with Crippen LogP contribution in [0.3, 0.4) is 0 Å². The van der Waals surface area contributed by atoms with E-state index < -0.39 is 5.97 Å². The molecule has 3 aromatic rings. The smallest absolute Gasteiger partial charge is 0.337 e. The third kappa shape index (κ3) is 3.52. The van der Waals surface area contributed by atoms with Gasteiger partial charge in [-0.15, -0.1) is 0 Å². The number of pyridine rings is 1. The number of rotatable bonds is 6. The average Bonchev–Trinajstić information content (AvgIpc) is 3.06. The normalized spacial score (nSPS) is 10.9. The Morgan fingerprint density at radius 1 is 1.12 bits per heavy atom. The first kappa shape index (κ1) is 16.0. The van der Waals surface area contributed by atoms with E-state index in [4.69, 9.17) is 0 Å². The van der Waals surface area contributed by atoms with Crippen molar-refractivity contribution in [3.05, 3.63) is 77.7 Å². The van der Waals surface area contributed by atoms with Crippen molar-refractivity contribution < 1.29 is 9.90 Å². The van der Waals surface area contributed by atoms with E-state index in [0.717, 1.165) is 12.1 Å². The van der Waals surface area contributed by atoms with Gasteiger partial charge in [0.05, 0.1) is 11.3 Å². The molecule has 0 aliphatic rings. The summed E-state index contributed by atoms with van der Waals surface area (Å²) in [7, 11) is 2.04. The second-order valence-electron chi connectivity index (χ2n) is 5.76. The van der Waals surface area contributed by atoms with Gasteiger partial charge in [0.2, 0.25) is 0 Å². The Hall–Kier alpha value is -2.92. The fraction of sp³-hybridized carbons (Fsp3) is 0.158. The van der Waals surface area contributed by atoms with Crippen LogP contribution in [0.5, 0.6) is 0 Å². The Bertz CT molecular complexity index is 827. The number of nitrogens with one attached hydrogen (secondary N) is 1. The molecule has 5 nitrogen and oxygen atoms in total. The maximum Gasteiger partial charge on any atom is 0.337 e. The van der Waals surface area contributed by atoms with Crippen molar-refractivity contribution in [2.45, 2.75) is 13.1 Å². The van der Waals surface area contributed by atoms with Gasteiger partial charge in [-0.3, -0.25) is 9.88 Å². The molecule has 5 heteroatoms. The van der Waals surface area contributed by atoms with Gasteiger partial charge in [-0.1, -0.05) is 36.4 Å². The third-order valence-corrected chi connectivity index (χ3v) is 3.86. The highest BCUT2D eigenvalue weighted by atomic mass is 16.4. The molecule has 122 valence electrons. The third-order valence-electron chi connectivity index (χ3n) is 3.86. The van der Waals surface area contributed by atoms with Crippen LogP contribution < -0.4 is 0 Å². The fourth-order valence-electron chi connectivity index (χ4n) is 2.79. The molecule has 2 N–H and O–H groups in total. The molecule has 0 bridgehead atoms. The van der Waals surface area contributed by atoms with Crippen molar-refractivity contribution in [1.82, 2.24) is 14.9 Å². The maximum absolute atomic E-state index is 11.4. The van der Waals surface area contributed by atoms with Crippen molar-refractivity contribution in [1.29, 1.82) is 0 Å². The highest BCUT2D eigenvalue weighted by Gasteiger charge is 2.17. The molecule has 0 fully saturated rings. The Morgan fingerprint density at radius 2 is 1.92 bits per heavy atom. The number of carboxylic acid groups (broad SMARTS) is 1. The molecule has 2 aromatic heterocycles. The number of carbonyl (C=O) groups is 1. The van der Waals surface area contributed by atoms with Crippen LogP contribution in [0, 0.1) is 0 Å². The van der Waals surface area contributed by atoms with E-state index in [1.807, 2.05) is 37.4 Å². The maximum atomic E-state index is 11.4. The van der Waals surface area contributed by atoms with Crippen LogP contribution in [-0.2, 0) is 13.1 Å². The van der Waals surface area contributed by atoms with Gasteiger partial charge in [0.25, 0.3) is 0 Å². The molecule has 3 rings (SSSR count). The van der Waals surface area contributed by atoms with Gasteiger partial charge in [0.1, 0.15) is 0 Å². The summed E-state index contributed by atoms with van der Waals surface area (Å²) < 4.78 is 0. The van der Waals surface area contributed by atoms with E-state index in [1.54, 1.807) is 12.4 Å². The van der Waals surface area contributed by atoms with Crippen LogP contribution in [0.1, 0.15) is 21.5 Å². The van der Waals surface area contributed by atoms with Gasteiger partial charge < -0.3 is 10.1 Å². The van der Waals surface area contributed by atoms with Gasteiger partial charge in [0.15, 0.2) is 0 Å². The standard InChI is InChI=1S/C19H19N3O2/c1-22(12-14-6-3-2-4-7-14)13-15-8-5-9-21-18(15)16-10-20-11-17(16)19(23)24/h2-11,20H,12-13H2,1H3,(H,23,24). The van der Waals surface area contributed by atoms with E-state index in [-0.39, 0.29) is 5.56 Å². The minimum atomic E-state index is -0.958. The van der Waals surface area contributed by atoms with Crippen molar-refractivity contribution in [2.75, 3.05) is 7.05 Å². The Balaban J connectivity index is 1.84. The van der Waals surface area contributed by atoms with E-state index in [2.05, 4.69) is 27.0 Å². The van der Waals surface area contributed by atoms with Crippen molar-refractivity contribution in [3.63, 3.8) is 0 Å². The molecule has 2 heterocycles. The molecular weight excluding hydrogens is 302 g/mol. The minimum Gasteiger partial charge on any atom is -0.478 e. The van der Waals surface area contributed by atoms with Crippen molar-refractivity contribution in [2.24, 2.45) is 0 Å². The van der Waals surface area contributed by atoms with Gasteiger partial charge >= 0.3 is 5.97 Å². The van der Waals surface area contributed by atoms with Gasteiger partial charge in [-0.05, 0) is 24.2 Å². The first-order chi connectivity index (χ1) is 11.6. The monoisotopic (exact) mass is 321 g/mol. The SMILES string of the molecule is CN(Cc1ccccc1)Cc1cccnc1-c1c[nH]cc1C(=O)O. The number of H-pyrrole nitrogens is 1. The summed E-state index contributed by atoms with van der Waals surface area (Å²) in [5, 5.41) is 9.33. The lowest BCUT2D eigenvalue weighted by molar-refractivity contribution is 0.0698. The van der Waals surface area contributed by atoms with Gasteiger partial charge in [-0.25, -0.2) is 4.79 Å². The van der Waals surface area contributed by atoms with E-state index in [0.29, 0.717) is 17.8 Å². The number of carboxylic acids is 1. The molecule has 0 saturated heterocycles. The molecule has 0 saturated carbocycles. The zero-order chi connectivity index (χ0) is 16.9. The lowest BCUT2D eigenvalue weighted by Crippen LogP contribution is -2.18. The average molecular weight is 321 g/mol. The Morgan fingerprint density at radius 3 is 2.67 bits per heavy atom. The predicted octanol–water partition coefficient (Wildman–Crippen LogP) is 3.41. The second kappa shape index (κ2) is 7.10. The summed E-state index contributed by atoms with van der Waals surface area (Å²) in [4.78, 5) is 20.8. The molecule has 0 spiro atoms. The molecule has 0 unspecified atom stereocenters. The zero-order valence-electron chi connectivity index (χ0n) is 13.4. The van der Waals surface area contributed by atoms with Gasteiger partial charge in [0, 0.05) is 37.2 Å². The molecule has 0 amide bonds. The number of nitrogens with zero attached hydrogens (tertiary/aromatic N) is 2. The number of hydrogen-bond acceptors (Lipinski definition) is 3. The number of aromatic carboxylic acids is 1. The van der Waals surface area contributed by atoms with Crippen LogP contribution >= 0.6 is 0 Å². The first-order valence-electron chi connectivity index (χ1n) is 7.72. The highest BCUT2D eigenvalue weighted by Crippen LogP contribution is 2.26. The Kier molecular flexibility index (Phi) is 4.72. The molecule has 0 atom stereocenters. The van der Waals surface area contributed by atoms with Crippen LogP contribution in [0.15, 0.2) is 61.1 Å². The van der Waals surface area contributed by atoms with Crippen molar-refractivity contribution >= 4 is 5.97 Å². The minimum absolute atomic E-state index is 0.237. The number of benzene rings is 1. The lowest BCUT2D eigenvalue weighted by Gasteiger charge is -2.18. The number of hydrogen-bond donors (Lipinski definition) is 2. The summed E-state index contributed by atoms with van der Waals surface area (Å²) in [6.07, 6.45) is 4.87. The zero-order valence-corrected chi connectivity index (χ0v) is 13.4. The molecule has 24 heavy (non-hydrogen) atoms. The Labute approximate surface area is 140 Å². The first-order valence-corrected chi connectivity index (χ1v) is 7.72. The van der Waals surface area contributed by atoms with E-state index in [9.17, 15) is 9.90 Å². The predicted molar refractivity (Wildman–Crippen MR) is 92.6 cm³/mol. The number of aromatic nitrogens is 2. The largest absolute Gasteiger partial charge is 0.478 e. The molecule has 0 radical (unpaired) electrons. The number of aromatic amines is 1. The van der Waals surface area contributed by atoms with Crippen molar-refractivity contribution in [3.8, 4) is 11.3 Å². The van der Waals surface area contributed by atoms with E-state index in [1.165, 1.54) is 11.8 Å². The lowest BCUT2D eigenvalue weighted by atomic mass is 10.0. The summed E-state index contributed by atoms with van der Waals surface area (Å²) in [6.45, 7) is 1.50.